The van der Waals surface area contributed by atoms with Crippen molar-refractivity contribution in [2.24, 2.45) is 0 Å². The smallest absolute Gasteiger partial charge is 0.254 e. The lowest BCUT2D eigenvalue weighted by Crippen LogP contribution is -2.32. The molecule has 0 bridgehead atoms. The van der Waals surface area contributed by atoms with Crippen molar-refractivity contribution in [1.29, 1.82) is 0 Å². The molecular weight excluding hydrogens is 156 g/mol. The molecule has 2 N–H and O–H groups in total. The minimum Gasteiger partial charge on any atom is -0.374 e. The molecule has 0 fully saturated rings. The van der Waals surface area contributed by atoms with Gasteiger partial charge in [-0.15, -0.1) is 0 Å². The predicted octanol–water partition coefficient (Wildman–Crippen LogP) is 0.150. The first-order valence-electron chi connectivity index (χ1n) is 3.59. The van der Waals surface area contributed by atoms with Gasteiger partial charge in [-0.05, 0) is 19.1 Å². The van der Waals surface area contributed by atoms with Crippen LogP contribution in [0.4, 0.5) is 0 Å². The number of nitrogens with one attached hydrogen (secondary N) is 1. The summed E-state index contributed by atoms with van der Waals surface area (Å²) in [6.07, 6.45) is 2.19. The van der Waals surface area contributed by atoms with E-state index in [2.05, 4.69) is 10.3 Å². The molecule has 0 aliphatic heterocycles. The first kappa shape index (κ1) is 8.67. The van der Waals surface area contributed by atoms with E-state index in [-0.39, 0.29) is 5.91 Å². The molecule has 0 saturated carbocycles. The van der Waals surface area contributed by atoms with Crippen LogP contribution in [-0.2, 0) is 0 Å². The summed E-state index contributed by atoms with van der Waals surface area (Å²) in [5, 5.41) is 11.2. The number of aliphatic hydroxyl groups is 1. The highest BCUT2D eigenvalue weighted by atomic mass is 16.3. The van der Waals surface area contributed by atoms with Crippen LogP contribution < -0.4 is 5.32 Å². The molecule has 0 spiro atoms. The van der Waals surface area contributed by atoms with Gasteiger partial charge in [0.05, 0.1) is 5.56 Å². The number of carbonyl (C=O) groups excluding carboxylic acids is 1. The number of carbonyl (C=O) groups is 1. The van der Waals surface area contributed by atoms with Crippen molar-refractivity contribution in [3.05, 3.63) is 30.1 Å². The van der Waals surface area contributed by atoms with Gasteiger partial charge in [0.15, 0.2) is 0 Å². The standard InChI is InChI=1S/C8H10N2O2/c1-6(11)10-8(12)7-3-2-4-9-5-7/h2-6,11H,1H3,(H,10,12). The van der Waals surface area contributed by atoms with Gasteiger partial charge in [0.1, 0.15) is 6.23 Å². The van der Waals surface area contributed by atoms with Crippen LogP contribution in [0.15, 0.2) is 24.5 Å². The maximum atomic E-state index is 11.1. The number of nitrogens with zero attached hydrogens (tertiary/aromatic N) is 1. The Bertz CT molecular complexity index is 259. The number of aliphatic hydroxyl groups excluding tert-OH is 1. The number of aromatic nitrogens is 1. The van der Waals surface area contributed by atoms with Crippen molar-refractivity contribution in [2.75, 3.05) is 0 Å². The summed E-state index contributed by atoms with van der Waals surface area (Å²) in [5.41, 5.74) is 0.443. The van der Waals surface area contributed by atoms with Gasteiger partial charge in [0, 0.05) is 12.4 Å². The molecule has 1 rings (SSSR count). The second kappa shape index (κ2) is 3.82. The number of amides is 1. The van der Waals surface area contributed by atoms with E-state index in [9.17, 15) is 4.79 Å². The normalized spacial score (nSPS) is 12.2. The molecule has 64 valence electrons. The van der Waals surface area contributed by atoms with Crippen LogP contribution >= 0.6 is 0 Å². The summed E-state index contributed by atoms with van der Waals surface area (Å²) in [4.78, 5) is 14.9. The highest BCUT2D eigenvalue weighted by Gasteiger charge is 2.05. The Balaban J connectivity index is 2.66. The largest absolute Gasteiger partial charge is 0.374 e. The maximum Gasteiger partial charge on any atom is 0.254 e. The van der Waals surface area contributed by atoms with Crippen LogP contribution in [0.3, 0.4) is 0 Å². The van der Waals surface area contributed by atoms with Gasteiger partial charge in [0.2, 0.25) is 0 Å². The lowest BCUT2D eigenvalue weighted by molar-refractivity contribution is 0.0818. The molecule has 1 unspecified atom stereocenters. The summed E-state index contributed by atoms with van der Waals surface area (Å²) in [5.74, 6) is -0.321. The molecule has 0 aliphatic carbocycles. The van der Waals surface area contributed by atoms with Gasteiger partial charge < -0.3 is 10.4 Å². The predicted molar refractivity (Wildman–Crippen MR) is 43.4 cm³/mol. The molecule has 0 aromatic carbocycles. The van der Waals surface area contributed by atoms with Crippen LogP contribution in [0.2, 0.25) is 0 Å². The summed E-state index contributed by atoms with van der Waals surface area (Å²) >= 11 is 0. The topological polar surface area (TPSA) is 62.2 Å². The van der Waals surface area contributed by atoms with Crippen LogP contribution in [0, 0.1) is 0 Å². The Morgan fingerprint density at radius 2 is 2.50 bits per heavy atom. The second-order valence-corrected chi connectivity index (χ2v) is 2.39. The third-order valence-corrected chi connectivity index (χ3v) is 1.26. The van der Waals surface area contributed by atoms with Crippen molar-refractivity contribution in [2.45, 2.75) is 13.2 Å². The van der Waals surface area contributed by atoms with E-state index >= 15 is 0 Å². The maximum absolute atomic E-state index is 11.1. The quantitative estimate of drug-likeness (QED) is 0.615. The summed E-state index contributed by atoms with van der Waals surface area (Å²) in [7, 11) is 0. The van der Waals surface area contributed by atoms with Crippen molar-refractivity contribution in [3.8, 4) is 0 Å². The van der Waals surface area contributed by atoms with Gasteiger partial charge in [-0.25, -0.2) is 0 Å². The number of hydrogen-bond donors (Lipinski definition) is 2. The second-order valence-electron chi connectivity index (χ2n) is 2.39. The molecule has 4 nitrogen and oxygen atoms in total. The van der Waals surface area contributed by atoms with E-state index in [1.807, 2.05) is 0 Å². The summed E-state index contributed by atoms with van der Waals surface area (Å²) in [6.45, 7) is 1.48. The molecule has 12 heavy (non-hydrogen) atoms. The van der Waals surface area contributed by atoms with Crippen molar-refractivity contribution < 1.29 is 9.90 Å². The fourth-order valence-electron chi connectivity index (χ4n) is 0.770. The lowest BCUT2D eigenvalue weighted by Gasteiger charge is -2.06. The number of pyridine rings is 1. The van der Waals surface area contributed by atoms with E-state index < -0.39 is 6.23 Å². The SMILES string of the molecule is CC(O)NC(=O)c1cccnc1. The van der Waals surface area contributed by atoms with Gasteiger partial charge >= 0.3 is 0 Å². The zero-order valence-corrected chi connectivity index (χ0v) is 6.69. The molecule has 4 heteroatoms. The van der Waals surface area contributed by atoms with E-state index in [4.69, 9.17) is 5.11 Å². The van der Waals surface area contributed by atoms with Crippen LogP contribution in [0.25, 0.3) is 0 Å². The van der Waals surface area contributed by atoms with Gasteiger partial charge in [0.25, 0.3) is 5.91 Å². The Morgan fingerprint density at radius 3 is 3.00 bits per heavy atom. The van der Waals surface area contributed by atoms with Crippen molar-refractivity contribution in [3.63, 3.8) is 0 Å². The van der Waals surface area contributed by atoms with Gasteiger partial charge in [-0.2, -0.15) is 0 Å². The highest BCUT2D eigenvalue weighted by molar-refractivity contribution is 5.93. The zero-order chi connectivity index (χ0) is 8.97. The van der Waals surface area contributed by atoms with Crippen molar-refractivity contribution >= 4 is 5.91 Å². The van der Waals surface area contributed by atoms with Gasteiger partial charge in [-0.1, -0.05) is 0 Å². The molecular formula is C8H10N2O2. The first-order valence-corrected chi connectivity index (χ1v) is 3.59. The average molecular weight is 166 g/mol. The molecule has 1 aromatic heterocycles. The molecule has 0 saturated heterocycles. The minimum absolute atomic E-state index is 0.321. The van der Waals surface area contributed by atoms with Crippen LogP contribution in [0.5, 0.6) is 0 Å². The zero-order valence-electron chi connectivity index (χ0n) is 6.69. The van der Waals surface area contributed by atoms with E-state index in [1.54, 1.807) is 18.3 Å². The number of rotatable bonds is 2. The lowest BCUT2D eigenvalue weighted by atomic mass is 10.3. The Hall–Kier alpha value is -1.42. The summed E-state index contributed by atoms with van der Waals surface area (Å²) < 4.78 is 0. The van der Waals surface area contributed by atoms with Gasteiger partial charge in [-0.3, -0.25) is 9.78 Å². The Labute approximate surface area is 70.3 Å². The fourth-order valence-corrected chi connectivity index (χ4v) is 0.770. The third-order valence-electron chi connectivity index (χ3n) is 1.26. The minimum atomic E-state index is -0.835. The molecule has 0 radical (unpaired) electrons. The third kappa shape index (κ3) is 2.32. The fraction of sp³-hybridized carbons (Fsp3) is 0.250. The Morgan fingerprint density at radius 1 is 1.75 bits per heavy atom. The van der Waals surface area contributed by atoms with E-state index in [0.717, 1.165) is 0 Å². The molecule has 1 heterocycles. The Kier molecular flexibility index (Phi) is 2.76. The van der Waals surface area contributed by atoms with E-state index in [0.29, 0.717) is 5.56 Å². The highest BCUT2D eigenvalue weighted by Crippen LogP contribution is 1.94. The molecule has 1 amide bonds. The van der Waals surface area contributed by atoms with Crippen LogP contribution in [-0.4, -0.2) is 22.2 Å². The number of hydrogen-bond acceptors (Lipinski definition) is 3. The average Bonchev–Trinajstić information content (AvgIpc) is 2.05. The summed E-state index contributed by atoms with van der Waals surface area (Å²) in [6, 6.07) is 3.29. The first-order chi connectivity index (χ1) is 5.70. The van der Waals surface area contributed by atoms with Crippen molar-refractivity contribution in [1.82, 2.24) is 10.3 Å². The monoisotopic (exact) mass is 166 g/mol. The molecule has 1 aromatic rings. The van der Waals surface area contributed by atoms with E-state index in [1.165, 1.54) is 13.1 Å². The van der Waals surface area contributed by atoms with Crippen LogP contribution in [0.1, 0.15) is 17.3 Å². The molecule has 0 aliphatic rings. The molecule has 1 atom stereocenters.